The highest BCUT2D eigenvalue weighted by atomic mass is 35.5. The number of H-pyrrole nitrogens is 1. The minimum atomic E-state index is -0.368. The standard InChI is InChI=1S/C15H18ClN3O2S/c1-8(2)18-12-6-13(16)17-7-10(12)11-5-9(15(20)21-3)14(19-11)22-4/h5-8,19H,1-4H3,(H,17,18). The van der Waals surface area contributed by atoms with E-state index < -0.39 is 0 Å². The highest BCUT2D eigenvalue weighted by Gasteiger charge is 2.18. The normalized spacial score (nSPS) is 10.8. The summed E-state index contributed by atoms with van der Waals surface area (Å²) in [5, 5.41) is 4.51. The van der Waals surface area contributed by atoms with E-state index in [9.17, 15) is 4.79 Å². The molecule has 7 heteroatoms. The Morgan fingerprint density at radius 2 is 2.18 bits per heavy atom. The van der Waals surface area contributed by atoms with Crippen molar-refractivity contribution in [1.29, 1.82) is 0 Å². The van der Waals surface area contributed by atoms with Crippen LogP contribution in [0.15, 0.2) is 23.4 Å². The lowest BCUT2D eigenvalue weighted by Crippen LogP contribution is -2.10. The molecule has 2 rings (SSSR count). The van der Waals surface area contributed by atoms with E-state index in [0.717, 1.165) is 22.0 Å². The van der Waals surface area contributed by atoms with Crippen molar-refractivity contribution in [2.75, 3.05) is 18.7 Å². The van der Waals surface area contributed by atoms with Gasteiger partial charge in [-0.15, -0.1) is 11.8 Å². The molecule has 22 heavy (non-hydrogen) atoms. The number of carbonyl (C=O) groups is 1. The molecule has 0 aliphatic rings. The Hall–Kier alpha value is -1.66. The summed E-state index contributed by atoms with van der Waals surface area (Å²) in [7, 11) is 1.37. The molecule has 118 valence electrons. The van der Waals surface area contributed by atoms with E-state index >= 15 is 0 Å². The summed E-state index contributed by atoms with van der Waals surface area (Å²) < 4.78 is 4.82. The third-order valence-electron chi connectivity index (χ3n) is 3.00. The molecule has 0 aromatic carbocycles. The number of aromatic amines is 1. The second-order valence-electron chi connectivity index (χ2n) is 4.97. The number of nitrogens with zero attached hydrogens (tertiary/aromatic N) is 1. The molecule has 0 spiro atoms. The molecule has 0 radical (unpaired) electrons. The predicted molar refractivity (Wildman–Crippen MR) is 90.9 cm³/mol. The van der Waals surface area contributed by atoms with Gasteiger partial charge in [0.05, 0.1) is 23.4 Å². The number of thioether (sulfide) groups is 1. The highest BCUT2D eigenvalue weighted by molar-refractivity contribution is 7.98. The summed E-state index contributed by atoms with van der Waals surface area (Å²) >= 11 is 7.44. The molecule has 2 aromatic rings. The summed E-state index contributed by atoms with van der Waals surface area (Å²) in [6, 6.07) is 3.79. The molecule has 0 fully saturated rings. The maximum Gasteiger partial charge on any atom is 0.340 e. The van der Waals surface area contributed by atoms with Crippen LogP contribution in [0.4, 0.5) is 5.69 Å². The summed E-state index contributed by atoms with van der Waals surface area (Å²) in [6.45, 7) is 4.08. The second-order valence-corrected chi connectivity index (χ2v) is 6.18. The van der Waals surface area contributed by atoms with Crippen molar-refractivity contribution in [3.63, 3.8) is 0 Å². The van der Waals surface area contributed by atoms with Gasteiger partial charge in [0.2, 0.25) is 0 Å². The minimum absolute atomic E-state index is 0.243. The van der Waals surface area contributed by atoms with Crippen LogP contribution in [-0.2, 0) is 4.74 Å². The van der Waals surface area contributed by atoms with Gasteiger partial charge in [0, 0.05) is 23.5 Å². The van der Waals surface area contributed by atoms with Gasteiger partial charge in [-0.3, -0.25) is 0 Å². The molecule has 0 aliphatic heterocycles. The van der Waals surface area contributed by atoms with Crippen LogP contribution in [0, 0.1) is 0 Å². The van der Waals surface area contributed by atoms with E-state index in [2.05, 4.69) is 15.3 Å². The molecule has 2 aromatic heterocycles. The molecule has 0 aliphatic carbocycles. The number of ether oxygens (including phenoxy) is 1. The van der Waals surface area contributed by atoms with E-state index in [0.29, 0.717) is 10.7 Å². The van der Waals surface area contributed by atoms with E-state index in [1.165, 1.54) is 18.9 Å². The lowest BCUT2D eigenvalue weighted by molar-refractivity contribution is 0.0597. The van der Waals surface area contributed by atoms with Crippen molar-refractivity contribution in [2.24, 2.45) is 0 Å². The van der Waals surface area contributed by atoms with Crippen LogP contribution in [0.2, 0.25) is 5.15 Å². The Balaban J connectivity index is 2.52. The van der Waals surface area contributed by atoms with Crippen molar-refractivity contribution in [3.8, 4) is 11.3 Å². The highest BCUT2D eigenvalue weighted by Crippen LogP contribution is 2.33. The fourth-order valence-electron chi connectivity index (χ4n) is 2.08. The number of rotatable bonds is 5. The van der Waals surface area contributed by atoms with E-state index in [1.807, 2.05) is 20.1 Å². The Morgan fingerprint density at radius 1 is 1.45 bits per heavy atom. The van der Waals surface area contributed by atoms with Crippen LogP contribution >= 0.6 is 23.4 Å². The number of pyridine rings is 1. The molecular formula is C15H18ClN3O2S. The first-order chi connectivity index (χ1) is 10.5. The monoisotopic (exact) mass is 339 g/mol. The van der Waals surface area contributed by atoms with Gasteiger partial charge < -0.3 is 15.0 Å². The van der Waals surface area contributed by atoms with Crippen LogP contribution in [0.1, 0.15) is 24.2 Å². The zero-order valence-electron chi connectivity index (χ0n) is 12.9. The van der Waals surface area contributed by atoms with Crippen molar-refractivity contribution < 1.29 is 9.53 Å². The van der Waals surface area contributed by atoms with Crippen molar-refractivity contribution >= 4 is 35.0 Å². The summed E-state index contributed by atoms with van der Waals surface area (Å²) in [4.78, 5) is 19.2. The molecule has 5 nitrogen and oxygen atoms in total. The maximum absolute atomic E-state index is 11.8. The number of methoxy groups -OCH3 is 1. The van der Waals surface area contributed by atoms with Crippen LogP contribution in [0.3, 0.4) is 0 Å². The van der Waals surface area contributed by atoms with E-state index in [-0.39, 0.29) is 12.0 Å². The van der Waals surface area contributed by atoms with Crippen LogP contribution < -0.4 is 5.32 Å². The first-order valence-corrected chi connectivity index (χ1v) is 8.34. The van der Waals surface area contributed by atoms with Gasteiger partial charge in [0.1, 0.15) is 5.15 Å². The number of halogens is 1. The fourth-order valence-corrected chi connectivity index (χ4v) is 2.81. The Bertz CT molecular complexity index is 685. The van der Waals surface area contributed by atoms with E-state index in [4.69, 9.17) is 16.3 Å². The number of carbonyl (C=O) groups excluding carboxylic acids is 1. The minimum Gasteiger partial charge on any atom is -0.465 e. The average molecular weight is 340 g/mol. The molecule has 2 heterocycles. The number of aromatic nitrogens is 2. The third-order valence-corrected chi connectivity index (χ3v) is 3.93. The molecule has 0 amide bonds. The molecule has 0 saturated heterocycles. The van der Waals surface area contributed by atoms with E-state index in [1.54, 1.807) is 18.3 Å². The van der Waals surface area contributed by atoms with Crippen molar-refractivity contribution in [2.45, 2.75) is 24.9 Å². The molecular weight excluding hydrogens is 322 g/mol. The Kier molecular flexibility index (Phi) is 5.37. The van der Waals surface area contributed by atoms with Gasteiger partial charge in [0.25, 0.3) is 0 Å². The number of nitrogens with one attached hydrogen (secondary N) is 2. The molecule has 0 atom stereocenters. The summed E-state index contributed by atoms with van der Waals surface area (Å²) in [5.74, 6) is -0.368. The van der Waals surface area contributed by atoms with Crippen molar-refractivity contribution in [1.82, 2.24) is 9.97 Å². The fraction of sp³-hybridized carbons (Fsp3) is 0.333. The lowest BCUT2D eigenvalue weighted by Gasteiger charge is -2.14. The largest absolute Gasteiger partial charge is 0.465 e. The third kappa shape index (κ3) is 3.56. The number of esters is 1. The maximum atomic E-state index is 11.8. The SMILES string of the molecule is COC(=O)c1cc(-c2cnc(Cl)cc2NC(C)C)[nH]c1SC. The molecule has 0 saturated carbocycles. The topological polar surface area (TPSA) is 67.0 Å². The quantitative estimate of drug-likeness (QED) is 0.488. The predicted octanol–water partition coefficient (Wildman–Crippen LogP) is 4.06. The van der Waals surface area contributed by atoms with Gasteiger partial charge in [-0.05, 0) is 32.2 Å². The lowest BCUT2D eigenvalue weighted by atomic mass is 10.1. The number of hydrogen-bond donors (Lipinski definition) is 2. The molecule has 0 bridgehead atoms. The van der Waals surface area contributed by atoms with Gasteiger partial charge in [0.15, 0.2) is 0 Å². The Labute approximate surface area is 138 Å². The van der Waals surface area contributed by atoms with Crippen molar-refractivity contribution in [3.05, 3.63) is 29.0 Å². The van der Waals surface area contributed by atoms with Gasteiger partial charge >= 0.3 is 5.97 Å². The Morgan fingerprint density at radius 3 is 2.77 bits per heavy atom. The zero-order chi connectivity index (χ0) is 16.3. The first kappa shape index (κ1) is 16.7. The number of anilines is 1. The zero-order valence-corrected chi connectivity index (χ0v) is 14.4. The molecule has 2 N–H and O–H groups in total. The van der Waals surface area contributed by atoms with Crippen LogP contribution in [0.5, 0.6) is 0 Å². The van der Waals surface area contributed by atoms with Gasteiger partial charge in [-0.2, -0.15) is 0 Å². The van der Waals surface area contributed by atoms with Crippen LogP contribution in [0.25, 0.3) is 11.3 Å². The number of hydrogen-bond acceptors (Lipinski definition) is 5. The average Bonchev–Trinajstić information content (AvgIpc) is 2.90. The van der Waals surface area contributed by atoms with Gasteiger partial charge in [-0.1, -0.05) is 11.6 Å². The molecule has 0 unspecified atom stereocenters. The first-order valence-electron chi connectivity index (χ1n) is 6.74. The second kappa shape index (κ2) is 7.07. The summed E-state index contributed by atoms with van der Waals surface area (Å²) in [5.41, 5.74) is 3.01. The summed E-state index contributed by atoms with van der Waals surface area (Å²) in [6.07, 6.45) is 3.58. The smallest absolute Gasteiger partial charge is 0.340 e. The van der Waals surface area contributed by atoms with Gasteiger partial charge in [-0.25, -0.2) is 9.78 Å². The van der Waals surface area contributed by atoms with Crippen LogP contribution in [-0.4, -0.2) is 35.3 Å².